The summed E-state index contributed by atoms with van der Waals surface area (Å²) in [5, 5.41) is 8.99. The number of hydrogen-bond acceptors (Lipinski definition) is 3. The maximum Gasteiger partial charge on any atom is 0.322 e. The third kappa shape index (κ3) is 3.99. The molecule has 0 aliphatic rings. The highest BCUT2D eigenvalue weighted by atomic mass is 35.5. The summed E-state index contributed by atoms with van der Waals surface area (Å²) < 4.78 is 26.4. The molecule has 0 unspecified atom stereocenters. The lowest BCUT2D eigenvalue weighted by Gasteiger charge is -2.18. The van der Waals surface area contributed by atoms with E-state index in [1.807, 2.05) is 0 Å². The van der Waals surface area contributed by atoms with Crippen LogP contribution in [0.4, 0.5) is 0 Å². The molecule has 0 bridgehead atoms. The van der Waals surface area contributed by atoms with Gasteiger partial charge in [0.25, 0.3) is 0 Å². The first-order chi connectivity index (χ1) is 9.06. The van der Waals surface area contributed by atoms with Crippen LogP contribution in [0, 0.1) is 5.92 Å². The molecule has 112 valence electrons. The molecule has 0 aliphatic heterocycles. The maximum absolute atomic E-state index is 12.2. The summed E-state index contributed by atoms with van der Waals surface area (Å²) in [7, 11) is -4.13. The van der Waals surface area contributed by atoms with Crippen molar-refractivity contribution in [2.24, 2.45) is 5.92 Å². The summed E-state index contributed by atoms with van der Waals surface area (Å²) in [6.07, 6.45) is 0. The van der Waals surface area contributed by atoms with Gasteiger partial charge in [-0.2, -0.15) is 4.72 Å². The third-order valence-corrected chi connectivity index (χ3v) is 5.11. The van der Waals surface area contributed by atoms with Crippen LogP contribution in [0.25, 0.3) is 0 Å². The molecule has 1 rings (SSSR count). The molecule has 0 aromatic heterocycles. The molecule has 1 atom stereocenters. The Kier molecular flexibility index (Phi) is 5.69. The minimum Gasteiger partial charge on any atom is -0.480 e. The maximum atomic E-state index is 12.2. The van der Waals surface area contributed by atoms with Crippen LogP contribution in [0.1, 0.15) is 13.8 Å². The van der Waals surface area contributed by atoms with Gasteiger partial charge >= 0.3 is 5.97 Å². The van der Waals surface area contributed by atoms with Crippen molar-refractivity contribution in [3.05, 3.63) is 27.2 Å². The van der Waals surface area contributed by atoms with E-state index in [0.29, 0.717) is 0 Å². The van der Waals surface area contributed by atoms with Crippen molar-refractivity contribution in [3.63, 3.8) is 0 Å². The Balaban J connectivity index is 3.24. The number of carbonyl (C=O) groups is 1. The lowest BCUT2D eigenvalue weighted by molar-refractivity contribution is -0.140. The van der Waals surface area contributed by atoms with Crippen molar-refractivity contribution in [1.29, 1.82) is 0 Å². The first kappa shape index (κ1) is 17.5. The van der Waals surface area contributed by atoms with Crippen molar-refractivity contribution in [3.8, 4) is 0 Å². The normalized spacial score (nSPS) is 13.5. The first-order valence-electron chi connectivity index (χ1n) is 5.46. The van der Waals surface area contributed by atoms with Crippen LogP contribution < -0.4 is 4.72 Å². The van der Waals surface area contributed by atoms with Gasteiger partial charge in [0.15, 0.2) is 0 Å². The van der Waals surface area contributed by atoms with Gasteiger partial charge in [0.1, 0.15) is 10.9 Å². The number of nitrogens with one attached hydrogen (secondary N) is 1. The van der Waals surface area contributed by atoms with Crippen LogP contribution in [0.15, 0.2) is 17.0 Å². The van der Waals surface area contributed by atoms with Crippen LogP contribution in [0.2, 0.25) is 15.1 Å². The number of aliphatic carboxylic acids is 1. The number of carboxylic acid groups (broad SMARTS) is 1. The van der Waals surface area contributed by atoms with Gasteiger partial charge in [-0.25, -0.2) is 8.42 Å². The summed E-state index contributed by atoms with van der Waals surface area (Å²) in [6.45, 7) is 3.16. The van der Waals surface area contributed by atoms with Crippen LogP contribution in [-0.2, 0) is 14.8 Å². The molecule has 1 aromatic rings. The summed E-state index contributed by atoms with van der Waals surface area (Å²) in [6, 6.07) is 0.990. The van der Waals surface area contributed by atoms with Crippen LogP contribution >= 0.6 is 34.8 Å². The highest BCUT2D eigenvalue weighted by Crippen LogP contribution is 2.31. The summed E-state index contributed by atoms with van der Waals surface area (Å²) in [5.74, 6) is -1.72. The Labute approximate surface area is 131 Å². The number of hydrogen-bond donors (Lipinski definition) is 2. The predicted molar refractivity (Wildman–Crippen MR) is 78.1 cm³/mol. The van der Waals surface area contributed by atoms with Crippen molar-refractivity contribution in [1.82, 2.24) is 4.72 Å². The zero-order valence-electron chi connectivity index (χ0n) is 10.5. The lowest BCUT2D eigenvalue weighted by Crippen LogP contribution is -2.44. The summed E-state index contributed by atoms with van der Waals surface area (Å²) in [5.41, 5.74) is 0. The fraction of sp³-hybridized carbons (Fsp3) is 0.364. The Bertz CT molecular complexity index is 631. The number of rotatable bonds is 5. The SMILES string of the molecule is CC(C)[C@@H](NS(=O)(=O)c1cc(Cl)c(Cl)cc1Cl)C(=O)O. The molecule has 0 heterocycles. The molecule has 20 heavy (non-hydrogen) atoms. The number of sulfonamides is 1. The second-order valence-corrected chi connectivity index (χ2v) is 7.28. The molecule has 0 fully saturated rings. The van der Waals surface area contributed by atoms with Gasteiger partial charge in [0.2, 0.25) is 10.0 Å². The molecule has 0 aliphatic carbocycles. The van der Waals surface area contributed by atoms with Crippen molar-refractivity contribution in [2.75, 3.05) is 0 Å². The van der Waals surface area contributed by atoms with Crippen molar-refractivity contribution >= 4 is 50.8 Å². The van der Waals surface area contributed by atoms with Crippen LogP contribution in [0.3, 0.4) is 0 Å². The second kappa shape index (κ2) is 6.49. The molecule has 0 amide bonds. The Morgan fingerprint density at radius 1 is 1.15 bits per heavy atom. The first-order valence-corrected chi connectivity index (χ1v) is 8.07. The van der Waals surface area contributed by atoms with Gasteiger partial charge < -0.3 is 5.11 Å². The van der Waals surface area contributed by atoms with Gasteiger partial charge in [-0.3, -0.25) is 4.79 Å². The molecule has 9 heteroatoms. The van der Waals surface area contributed by atoms with Gasteiger partial charge in [-0.05, 0) is 18.1 Å². The van der Waals surface area contributed by atoms with Gasteiger partial charge in [0.05, 0.1) is 15.1 Å². The Morgan fingerprint density at radius 2 is 1.65 bits per heavy atom. The van der Waals surface area contributed by atoms with E-state index in [4.69, 9.17) is 39.9 Å². The van der Waals surface area contributed by atoms with Gasteiger partial charge in [-0.1, -0.05) is 48.7 Å². The fourth-order valence-corrected chi connectivity index (χ4v) is 3.75. The molecular formula is C11H12Cl3NO4S. The van der Waals surface area contributed by atoms with Crippen molar-refractivity contribution < 1.29 is 18.3 Å². The minimum atomic E-state index is -4.13. The number of carboxylic acids is 1. The standard InChI is InChI=1S/C11H12Cl3NO4S/c1-5(2)10(11(16)17)15-20(18,19)9-4-7(13)6(12)3-8(9)14/h3-5,10,15H,1-2H3,(H,16,17)/t10-/m1/s1. The largest absolute Gasteiger partial charge is 0.480 e. The average molecular weight is 361 g/mol. The summed E-state index contributed by atoms with van der Waals surface area (Å²) >= 11 is 17.3. The van der Waals surface area contributed by atoms with E-state index in [-0.39, 0.29) is 20.0 Å². The van der Waals surface area contributed by atoms with E-state index < -0.39 is 28.0 Å². The second-order valence-electron chi connectivity index (χ2n) is 4.38. The molecular weight excluding hydrogens is 349 g/mol. The highest BCUT2D eigenvalue weighted by molar-refractivity contribution is 7.89. The molecule has 5 nitrogen and oxygen atoms in total. The predicted octanol–water partition coefficient (Wildman–Crippen LogP) is 3.03. The fourth-order valence-electron chi connectivity index (χ4n) is 1.41. The van der Waals surface area contributed by atoms with E-state index in [1.165, 1.54) is 6.07 Å². The quantitative estimate of drug-likeness (QED) is 0.791. The lowest BCUT2D eigenvalue weighted by atomic mass is 10.1. The van der Waals surface area contributed by atoms with Gasteiger partial charge in [-0.15, -0.1) is 0 Å². The highest BCUT2D eigenvalue weighted by Gasteiger charge is 2.29. The Morgan fingerprint density at radius 3 is 2.10 bits per heavy atom. The van der Waals surface area contributed by atoms with Gasteiger partial charge in [0, 0.05) is 0 Å². The van der Waals surface area contributed by atoms with Crippen LogP contribution in [0.5, 0.6) is 0 Å². The smallest absolute Gasteiger partial charge is 0.322 e. The third-order valence-electron chi connectivity index (χ3n) is 2.48. The van der Waals surface area contributed by atoms with Crippen LogP contribution in [-0.4, -0.2) is 25.5 Å². The average Bonchev–Trinajstić information content (AvgIpc) is 2.30. The van der Waals surface area contributed by atoms with E-state index in [9.17, 15) is 13.2 Å². The molecule has 0 radical (unpaired) electrons. The van der Waals surface area contributed by atoms with E-state index >= 15 is 0 Å². The van der Waals surface area contributed by atoms with E-state index in [1.54, 1.807) is 13.8 Å². The zero-order valence-corrected chi connectivity index (χ0v) is 13.6. The van der Waals surface area contributed by atoms with E-state index in [2.05, 4.69) is 4.72 Å². The molecule has 0 saturated heterocycles. The Hall–Kier alpha value is -0.530. The molecule has 2 N–H and O–H groups in total. The monoisotopic (exact) mass is 359 g/mol. The van der Waals surface area contributed by atoms with E-state index in [0.717, 1.165) is 6.07 Å². The molecule has 0 saturated carbocycles. The topological polar surface area (TPSA) is 83.5 Å². The molecule has 0 spiro atoms. The number of halogens is 3. The molecule has 1 aromatic carbocycles. The van der Waals surface area contributed by atoms with Crippen molar-refractivity contribution in [2.45, 2.75) is 24.8 Å². The summed E-state index contributed by atoms with van der Waals surface area (Å²) in [4.78, 5) is 10.7. The minimum absolute atomic E-state index is 0.00728. The zero-order chi connectivity index (χ0) is 15.7. The number of benzene rings is 1.